The van der Waals surface area contributed by atoms with E-state index in [1.165, 1.54) is 24.3 Å². The fraction of sp³-hybridized carbons (Fsp3) is 0.500. The zero-order chi connectivity index (χ0) is 15.6. The smallest absolute Gasteiger partial charge is 0.269 e. The molecule has 0 unspecified atom stereocenters. The van der Waals surface area contributed by atoms with Gasteiger partial charge in [0, 0.05) is 12.1 Å². The number of hydrogen-bond acceptors (Lipinski definition) is 8. The van der Waals surface area contributed by atoms with Gasteiger partial charge in [-0.25, -0.2) is 0 Å². The second kappa shape index (κ2) is 6.33. The summed E-state index contributed by atoms with van der Waals surface area (Å²) in [5.74, 6) is 0.171. The molecule has 0 spiro atoms. The van der Waals surface area contributed by atoms with Crippen LogP contribution < -0.4 is 4.74 Å². The van der Waals surface area contributed by atoms with E-state index in [9.17, 15) is 25.4 Å². The molecule has 21 heavy (non-hydrogen) atoms. The van der Waals surface area contributed by atoms with Crippen LogP contribution in [-0.4, -0.2) is 62.7 Å². The Hall–Kier alpha value is -1.78. The summed E-state index contributed by atoms with van der Waals surface area (Å²) in [5.41, 5.74) is -0.129. The third-order valence-electron chi connectivity index (χ3n) is 3.15. The van der Waals surface area contributed by atoms with Gasteiger partial charge in [0.05, 0.1) is 11.5 Å². The van der Waals surface area contributed by atoms with Gasteiger partial charge >= 0.3 is 0 Å². The highest BCUT2D eigenvalue weighted by molar-refractivity contribution is 5.36. The molecule has 0 saturated carbocycles. The monoisotopic (exact) mass is 301 g/mol. The van der Waals surface area contributed by atoms with Crippen LogP contribution >= 0.6 is 0 Å². The lowest BCUT2D eigenvalue weighted by atomic mass is 9.99. The second-order valence-electron chi connectivity index (χ2n) is 4.57. The average molecular weight is 301 g/mol. The third kappa shape index (κ3) is 3.28. The van der Waals surface area contributed by atoms with Crippen molar-refractivity contribution >= 4 is 5.69 Å². The first kappa shape index (κ1) is 15.6. The number of rotatable bonds is 4. The van der Waals surface area contributed by atoms with Crippen molar-refractivity contribution in [2.24, 2.45) is 0 Å². The molecule has 0 radical (unpaired) electrons. The quantitative estimate of drug-likeness (QED) is 0.400. The molecular weight excluding hydrogens is 286 g/mol. The fourth-order valence-electron chi connectivity index (χ4n) is 1.95. The van der Waals surface area contributed by atoms with Crippen LogP contribution in [0.15, 0.2) is 24.3 Å². The molecule has 116 valence electrons. The molecule has 0 aromatic heterocycles. The topological polar surface area (TPSA) is 143 Å². The van der Waals surface area contributed by atoms with Gasteiger partial charge in [0.2, 0.25) is 6.29 Å². The maximum absolute atomic E-state index is 10.5. The molecule has 2 rings (SSSR count). The van der Waals surface area contributed by atoms with Crippen molar-refractivity contribution in [3.05, 3.63) is 34.4 Å². The van der Waals surface area contributed by atoms with Crippen molar-refractivity contribution in [1.82, 2.24) is 0 Å². The summed E-state index contributed by atoms with van der Waals surface area (Å²) < 4.78 is 10.4. The van der Waals surface area contributed by atoms with Crippen LogP contribution in [-0.2, 0) is 4.74 Å². The minimum absolute atomic E-state index is 0.129. The molecule has 1 saturated heterocycles. The number of nitrogens with zero attached hydrogens (tertiary/aromatic N) is 1. The van der Waals surface area contributed by atoms with Gasteiger partial charge in [0.1, 0.15) is 30.2 Å². The predicted molar refractivity (Wildman–Crippen MR) is 67.5 cm³/mol. The first-order chi connectivity index (χ1) is 9.93. The lowest BCUT2D eigenvalue weighted by Gasteiger charge is -2.39. The number of aliphatic hydroxyl groups excluding tert-OH is 4. The molecule has 4 N–H and O–H groups in total. The Balaban J connectivity index is 2.08. The Labute approximate surface area is 119 Å². The van der Waals surface area contributed by atoms with E-state index in [2.05, 4.69) is 0 Å². The van der Waals surface area contributed by atoms with Gasteiger partial charge in [0.25, 0.3) is 5.69 Å². The third-order valence-corrected chi connectivity index (χ3v) is 3.15. The number of nitro benzene ring substituents is 1. The van der Waals surface area contributed by atoms with Crippen LogP contribution in [0.4, 0.5) is 5.69 Å². The SMILES string of the molecule is O=[N+]([O-])c1ccc(O[C@@H]2O[C@@H](CO)[C@H](O)[C@@H](O)[C@@H]2O)cc1. The average Bonchev–Trinajstić information content (AvgIpc) is 2.48. The number of benzene rings is 1. The Kier molecular flexibility index (Phi) is 4.70. The van der Waals surface area contributed by atoms with Gasteiger partial charge in [-0.3, -0.25) is 10.1 Å². The van der Waals surface area contributed by atoms with Gasteiger partial charge in [0.15, 0.2) is 0 Å². The maximum atomic E-state index is 10.5. The van der Waals surface area contributed by atoms with E-state index in [1.807, 2.05) is 0 Å². The first-order valence-corrected chi connectivity index (χ1v) is 6.15. The fourth-order valence-corrected chi connectivity index (χ4v) is 1.95. The lowest BCUT2D eigenvalue weighted by molar-refractivity contribution is -0.384. The highest BCUT2D eigenvalue weighted by Gasteiger charge is 2.44. The number of nitro groups is 1. The van der Waals surface area contributed by atoms with Crippen molar-refractivity contribution in [2.45, 2.75) is 30.7 Å². The molecule has 1 aromatic carbocycles. The van der Waals surface area contributed by atoms with E-state index in [-0.39, 0.29) is 11.4 Å². The summed E-state index contributed by atoms with van der Waals surface area (Å²) in [7, 11) is 0. The van der Waals surface area contributed by atoms with E-state index in [4.69, 9.17) is 14.6 Å². The molecule has 0 bridgehead atoms. The molecule has 1 aromatic rings. The standard InChI is InChI=1S/C12H15NO8/c14-5-8-9(15)10(16)11(17)12(21-8)20-7-3-1-6(2-4-7)13(18)19/h1-4,8-12,14-17H,5H2/t8-,9-,10+,11-,12+/m0/s1. The Morgan fingerprint density at radius 3 is 2.29 bits per heavy atom. The number of aliphatic hydroxyl groups is 4. The van der Waals surface area contributed by atoms with Crippen molar-refractivity contribution in [3.8, 4) is 5.75 Å². The van der Waals surface area contributed by atoms with E-state index in [0.29, 0.717) is 0 Å². The molecule has 1 heterocycles. The summed E-state index contributed by atoms with van der Waals surface area (Å²) >= 11 is 0. The van der Waals surface area contributed by atoms with E-state index < -0.39 is 42.2 Å². The van der Waals surface area contributed by atoms with E-state index in [0.717, 1.165) is 0 Å². The van der Waals surface area contributed by atoms with E-state index in [1.54, 1.807) is 0 Å². The highest BCUT2D eigenvalue weighted by Crippen LogP contribution is 2.25. The van der Waals surface area contributed by atoms with Gasteiger partial charge in [-0.05, 0) is 12.1 Å². The van der Waals surface area contributed by atoms with Crippen molar-refractivity contribution in [2.75, 3.05) is 6.61 Å². The molecule has 1 fully saturated rings. The van der Waals surface area contributed by atoms with Gasteiger partial charge < -0.3 is 29.9 Å². The Bertz CT molecular complexity index is 491. The number of hydrogen-bond donors (Lipinski definition) is 4. The highest BCUT2D eigenvalue weighted by atomic mass is 16.7. The van der Waals surface area contributed by atoms with Crippen LogP contribution in [0.3, 0.4) is 0 Å². The van der Waals surface area contributed by atoms with Gasteiger partial charge in [-0.1, -0.05) is 0 Å². The summed E-state index contributed by atoms with van der Waals surface area (Å²) in [6.45, 7) is -0.564. The van der Waals surface area contributed by atoms with Crippen LogP contribution in [0.2, 0.25) is 0 Å². The number of non-ortho nitro benzene ring substituents is 1. The predicted octanol–water partition coefficient (Wildman–Crippen LogP) is -1.23. The van der Waals surface area contributed by atoms with Crippen molar-refractivity contribution in [3.63, 3.8) is 0 Å². The lowest BCUT2D eigenvalue weighted by Crippen LogP contribution is -2.60. The van der Waals surface area contributed by atoms with Crippen LogP contribution in [0.5, 0.6) is 5.75 Å². The normalized spacial score (nSPS) is 32.7. The molecule has 1 aliphatic rings. The van der Waals surface area contributed by atoms with Crippen molar-refractivity contribution in [1.29, 1.82) is 0 Å². The Morgan fingerprint density at radius 2 is 1.76 bits per heavy atom. The molecule has 0 aliphatic carbocycles. The second-order valence-corrected chi connectivity index (χ2v) is 4.57. The first-order valence-electron chi connectivity index (χ1n) is 6.15. The summed E-state index contributed by atoms with van der Waals surface area (Å²) in [4.78, 5) is 9.95. The van der Waals surface area contributed by atoms with Crippen LogP contribution in [0.25, 0.3) is 0 Å². The molecule has 0 amide bonds. The molecule has 1 aliphatic heterocycles. The van der Waals surface area contributed by atoms with Gasteiger partial charge in [-0.2, -0.15) is 0 Å². The van der Waals surface area contributed by atoms with Crippen molar-refractivity contribution < 1.29 is 34.8 Å². The largest absolute Gasteiger partial charge is 0.462 e. The summed E-state index contributed by atoms with van der Waals surface area (Å²) in [6.07, 6.45) is -6.94. The molecular formula is C12H15NO8. The zero-order valence-corrected chi connectivity index (χ0v) is 10.8. The molecule has 9 nitrogen and oxygen atoms in total. The number of ether oxygens (including phenoxy) is 2. The molecule has 5 atom stereocenters. The minimum Gasteiger partial charge on any atom is -0.462 e. The maximum Gasteiger partial charge on any atom is 0.269 e. The van der Waals surface area contributed by atoms with Crippen LogP contribution in [0.1, 0.15) is 0 Å². The van der Waals surface area contributed by atoms with Gasteiger partial charge in [-0.15, -0.1) is 0 Å². The van der Waals surface area contributed by atoms with Crippen LogP contribution in [0, 0.1) is 10.1 Å². The molecule has 9 heteroatoms. The minimum atomic E-state index is -1.54. The van der Waals surface area contributed by atoms with E-state index >= 15 is 0 Å². The Morgan fingerprint density at radius 1 is 1.14 bits per heavy atom. The summed E-state index contributed by atoms with van der Waals surface area (Å²) in [5, 5.41) is 48.6. The zero-order valence-electron chi connectivity index (χ0n) is 10.8. The summed E-state index contributed by atoms with van der Waals surface area (Å²) in [6, 6.07) is 5.03.